The Morgan fingerprint density at radius 1 is 1.00 bits per heavy atom. The van der Waals surface area contributed by atoms with Crippen LogP contribution in [0.25, 0.3) is 0 Å². The molecule has 1 aromatic heterocycles. The van der Waals surface area contributed by atoms with Crippen molar-refractivity contribution in [2.75, 3.05) is 0 Å². The lowest BCUT2D eigenvalue weighted by Crippen LogP contribution is -2.56. The highest BCUT2D eigenvalue weighted by Crippen LogP contribution is 2.26. The minimum Gasteiger partial charge on any atom is -0.444 e. The number of carbonyl (C=O) groups excluding carboxylic acids is 4. The molecule has 0 bridgehead atoms. The van der Waals surface area contributed by atoms with E-state index < -0.39 is 56.7 Å². The van der Waals surface area contributed by atoms with Crippen molar-refractivity contribution in [1.82, 2.24) is 15.4 Å². The van der Waals surface area contributed by atoms with Gasteiger partial charge >= 0.3 is 12.2 Å². The standard InChI is InChI=1S/C24H39ClN4O7S2/c1-14(2)11-16(26-20(32)35-22(3,4)5)18(30)28-38(34,17-12-15(25)13-37-17)29-19(31)24(9,10)27-21(33)36-23(6,7)8/h12-14,16H,11H2,1-10H3,(H,26,32)(H,27,33)(H,28,29,30,31,34)/t16-,38?/m0/s1. The Labute approximate surface area is 234 Å². The molecule has 0 fully saturated rings. The van der Waals surface area contributed by atoms with Crippen molar-refractivity contribution in [2.24, 2.45) is 10.3 Å². The van der Waals surface area contributed by atoms with Crippen LogP contribution in [-0.2, 0) is 29.0 Å². The summed E-state index contributed by atoms with van der Waals surface area (Å²) in [4.78, 5) is 51.1. The number of thiophene rings is 1. The van der Waals surface area contributed by atoms with E-state index in [9.17, 15) is 23.4 Å². The molecule has 2 atom stereocenters. The number of amides is 4. The third-order valence-electron chi connectivity index (χ3n) is 4.34. The molecule has 14 heteroatoms. The highest BCUT2D eigenvalue weighted by Gasteiger charge is 2.35. The van der Waals surface area contributed by atoms with Crippen LogP contribution in [0.4, 0.5) is 9.59 Å². The second-order valence-corrected chi connectivity index (χ2v) is 15.0. The van der Waals surface area contributed by atoms with E-state index >= 15 is 0 Å². The van der Waals surface area contributed by atoms with Crippen LogP contribution in [0, 0.1) is 5.92 Å². The lowest BCUT2D eigenvalue weighted by Gasteiger charge is -2.28. The van der Waals surface area contributed by atoms with Crippen LogP contribution in [0.1, 0.15) is 75.7 Å². The molecule has 0 aliphatic carbocycles. The van der Waals surface area contributed by atoms with Crippen LogP contribution >= 0.6 is 22.9 Å². The van der Waals surface area contributed by atoms with Gasteiger partial charge in [0, 0.05) is 5.38 Å². The van der Waals surface area contributed by atoms with Gasteiger partial charge < -0.3 is 20.1 Å². The van der Waals surface area contributed by atoms with Gasteiger partial charge in [-0.2, -0.15) is 0 Å². The van der Waals surface area contributed by atoms with Crippen LogP contribution in [0.3, 0.4) is 0 Å². The first kappa shape index (κ1) is 33.6. The fourth-order valence-electron chi connectivity index (χ4n) is 2.76. The first-order chi connectivity index (χ1) is 17.0. The van der Waals surface area contributed by atoms with Gasteiger partial charge in [-0.25, -0.2) is 13.8 Å². The molecule has 0 saturated heterocycles. The SMILES string of the molecule is CC(C)C[C@H](NC(=O)OC(C)(C)C)C(=O)N=S(=O)(NC(=O)C(C)(C)NC(=O)OC(C)(C)C)c1cc(Cl)cs1. The summed E-state index contributed by atoms with van der Waals surface area (Å²) in [6, 6.07) is 0.143. The number of nitrogens with one attached hydrogen (secondary N) is 3. The average Bonchev–Trinajstić information content (AvgIpc) is 3.10. The zero-order valence-electron chi connectivity index (χ0n) is 23.5. The van der Waals surface area contributed by atoms with Gasteiger partial charge in [0.25, 0.3) is 11.8 Å². The van der Waals surface area contributed by atoms with Crippen molar-refractivity contribution in [3.8, 4) is 0 Å². The Morgan fingerprint density at radius 3 is 1.97 bits per heavy atom. The molecule has 3 N–H and O–H groups in total. The van der Waals surface area contributed by atoms with Gasteiger partial charge in [0.1, 0.15) is 27.0 Å². The summed E-state index contributed by atoms with van der Waals surface area (Å²) in [5, 5.41) is 6.59. The zero-order valence-corrected chi connectivity index (χ0v) is 25.9. The van der Waals surface area contributed by atoms with Crippen LogP contribution in [0.2, 0.25) is 5.02 Å². The Hall–Kier alpha value is -2.38. The molecule has 1 rings (SSSR count). The van der Waals surface area contributed by atoms with E-state index in [1.54, 1.807) is 41.5 Å². The predicted molar refractivity (Wildman–Crippen MR) is 147 cm³/mol. The summed E-state index contributed by atoms with van der Waals surface area (Å²) < 4.78 is 30.7. The first-order valence-electron chi connectivity index (χ1n) is 11.9. The number of hydrogen-bond acceptors (Lipinski definition) is 8. The van der Waals surface area contributed by atoms with E-state index in [4.69, 9.17) is 21.1 Å². The quantitative estimate of drug-likeness (QED) is 0.381. The van der Waals surface area contributed by atoms with E-state index in [0.29, 0.717) is 0 Å². The summed E-state index contributed by atoms with van der Waals surface area (Å²) in [6.45, 7) is 16.4. The molecule has 1 heterocycles. The summed E-state index contributed by atoms with van der Waals surface area (Å²) in [6.07, 6.45) is -1.54. The smallest absolute Gasteiger partial charge is 0.408 e. The van der Waals surface area contributed by atoms with E-state index in [2.05, 4.69) is 19.7 Å². The topological polar surface area (TPSA) is 152 Å². The molecule has 0 spiro atoms. The van der Waals surface area contributed by atoms with Gasteiger partial charge in [-0.1, -0.05) is 25.4 Å². The maximum atomic E-state index is 14.0. The maximum Gasteiger partial charge on any atom is 0.408 e. The minimum atomic E-state index is -3.93. The van der Waals surface area contributed by atoms with Crippen molar-refractivity contribution in [1.29, 1.82) is 0 Å². The average molecular weight is 595 g/mol. The molecule has 0 aliphatic heterocycles. The first-order valence-corrected chi connectivity index (χ1v) is 14.7. The van der Waals surface area contributed by atoms with E-state index in [1.165, 1.54) is 25.3 Å². The van der Waals surface area contributed by atoms with Gasteiger partial charge in [-0.05, 0) is 73.8 Å². The van der Waals surface area contributed by atoms with Crippen molar-refractivity contribution < 1.29 is 32.9 Å². The molecular weight excluding hydrogens is 556 g/mol. The largest absolute Gasteiger partial charge is 0.444 e. The maximum absolute atomic E-state index is 14.0. The Morgan fingerprint density at radius 2 is 1.53 bits per heavy atom. The van der Waals surface area contributed by atoms with Gasteiger partial charge in [-0.3, -0.25) is 14.3 Å². The zero-order chi connectivity index (χ0) is 29.7. The summed E-state index contributed by atoms with van der Waals surface area (Å²) >= 11 is 6.95. The van der Waals surface area contributed by atoms with Crippen LogP contribution in [0.5, 0.6) is 0 Å². The van der Waals surface area contributed by atoms with Gasteiger partial charge in [0.2, 0.25) is 0 Å². The van der Waals surface area contributed by atoms with Crippen LogP contribution in [-0.4, -0.2) is 51.0 Å². The van der Waals surface area contributed by atoms with Crippen LogP contribution in [0.15, 0.2) is 20.0 Å². The minimum absolute atomic E-state index is 0.0119. The fraction of sp³-hybridized carbons (Fsp3) is 0.667. The number of ether oxygens (including phenoxy) is 2. The third kappa shape index (κ3) is 11.6. The Bertz CT molecular complexity index is 1160. The summed E-state index contributed by atoms with van der Waals surface area (Å²) in [5.41, 5.74) is -3.22. The summed E-state index contributed by atoms with van der Waals surface area (Å²) in [7, 11) is -3.93. The van der Waals surface area contributed by atoms with Gasteiger partial charge in [0.05, 0.1) is 5.02 Å². The van der Waals surface area contributed by atoms with E-state index in [0.717, 1.165) is 11.3 Å². The molecule has 0 aliphatic rings. The number of hydrogen-bond donors (Lipinski definition) is 3. The second kappa shape index (κ2) is 12.6. The fourth-order valence-corrected chi connectivity index (χ4v) is 5.94. The van der Waals surface area contributed by atoms with Gasteiger partial charge in [-0.15, -0.1) is 15.7 Å². The van der Waals surface area contributed by atoms with Crippen molar-refractivity contribution in [3.05, 3.63) is 16.5 Å². The lowest BCUT2D eigenvalue weighted by atomic mass is 10.0. The molecule has 0 aromatic carbocycles. The van der Waals surface area contributed by atoms with E-state index in [1.807, 2.05) is 13.8 Å². The second-order valence-electron chi connectivity index (χ2n) is 11.6. The number of rotatable bonds is 8. The normalized spacial score (nSPS) is 14.6. The highest BCUT2D eigenvalue weighted by atomic mass is 35.5. The van der Waals surface area contributed by atoms with Crippen molar-refractivity contribution >= 4 is 56.9 Å². The third-order valence-corrected chi connectivity index (χ3v) is 7.94. The molecule has 11 nitrogen and oxygen atoms in total. The molecule has 0 radical (unpaired) electrons. The molecule has 0 saturated carbocycles. The van der Waals surface area contributed by atoms with Crippen molar-refractivity contribution in [3.63, 3.8) is 0 Å². The molecular formula is C24H39ClN4O7S2. The Kier molecular flexibility index (Phi) is 11.2. The number of carbonyl (C=O) groups is 4. The molecule has 4 amide bonds. The molecule has 38 heavy (non-hydrogen) atoms. The predicted octanol–water partition coefficient (Wildman–Crippen LogP) is 5.03. The number of halogens is 1. The van der Waals surface area contributed by atoms with Gasteiger partial charge in [0.15, 0.2) is 9.92 Å². The Balaban J connectivity index is 3.39. The lowest BCUT2D eigenvalue weighted by molar-refractivity contribution is -0.124. The van der Waals surface area contributed by atoms with E-state index in [-0.39, 0.29) is 21.6 Å². The van der Waals surface area contributed by atoms with Crippen LogP contribution < -0.4 is 15.4 Å². The molecule has 1 unspecified atom stereocenters. The number of nitrogens with zero attached hydrogens (tertiary/aromatic N) is 1. The van der Waals surface area contributed by atoms with Crippen molar-refractivity contribution in [2.45, 2.75) is 103 Å². The molecule has 1 aromatic rings. The molecule has 216 valence electrons. The summed E-state index contributed by atoms with van der Waals surface area (Å²) in [5.74, 6) is -1.87. The monoisotopic (exact) mass is 594 g/mol. The number of alkyl carbamates (subject to hydrolysis) is 2. The highest BCUT2D eigenvalue weighted by molar-refractivity contribution is 7.94.